The number of carbonyl (C=O) groups is 2. The summed E-state index contributed by atoms with van der Waals surface area (Å²) in [5.41, 5.74) is 5.06. The van der Waals surface area contributed by atoms with E-state index in [0.717, 1.165) is 12.8 Å². The van der Waals surface area contributed by atoms with Gasteiger partial charge in [0.2, 0.25) is 5.91 Å². The van der Waals surface area contributed by atoms with Crippen molar-refractivity contribution in [1.82, 2.24) is 10.6 Å². The molecular formula is C11H23N3O2. The standard InChI is InChI=1S/C11H23N3O2/c1-5-7(3)9(14-11(12)16)10(15)13-8(4)6-2/h7-9H,5-6H2,1-4H3,(H,13,15)(H3,12,14,16)/t7-,8+,9-/m1/s1. The Morgan fingerprint density at radius 2 is 1.69 bits per heavy atom. The van der Waals surface area contributed by atoms with Crippen molar-refractivity contribution in [2.24, 2.45) is 11.7 Å². The molecule has 0 aromatic heterocycles. The number of carbonyl (C=O) groups excluding carboxylic acids is 2. The Morgan fingerprint density at radius 3 is 2.06 bits per heavy atom. The summed E-state index contributed by atoms with van der Waals surface area (Å²) in [5.74, 6) is -0.0981. The molecule has 0 saturated heterocycles. The van der Waals surface area contributed by atoms with E-state index in [9.17, 15) is 9.59 Å². The van der Waals surface area contributed by atoms with Crippen LogP contribution in [0.25, 0.3) is 0 Å². The second-order valence-electron chi connectivity index (χ2n) is 4.19. The summed E-state index contributed by atoms with van der Waals surface area (Å²) in [6.07, 6.45) is 1.66. The highest BCUT2D eigenvalue weighted by Gasteiger charge is 2.25. The Kier molecular flexibility index (Phi) is 6.53. The van der Waals surface area contributed by atoms with Crippen molar-refractivity contribution < 1.29 is 9.59 Å². The number of nitrogens with two attached hydrogens (primary N) is 1. The van der Waals surface area contributed by atoms with Gasteiger partial charge in [0.05, 0.1) is 0 Å². The third-order valence-corrected chi connectivity index (χ3v) is 2.79. The van der Waals surface area contributed by atoms with Crippen molar-refractivity contribution in [2.75, 3.05) is 0 Å². The maximum Gasteiger partial charge on any atom is 0.312 e. The zero-order valence-electron chi connectivity index (χ0n) is 10.5. The van der Waals surface area contributed by atoms with Gasteiger partial charge in [0, 0.05) is 6.04 Å². The lowest BCUT2D eigenvalue weighted by molar-refractivity contribution is -0.124. The fourth-order valence-electron chi connectivity index (χ4n) is 1.29. The van der Waals surface area contributed by atoms with Gasteiger partial charge >= 0.3 is 6.03 Å². The average molecular weight is 229 g/mol. The first-order valence-electron chi connectivity index (χ1n) is 5.78. The van der Waals surface area contributed by atoms with Crippen LogP contribution in [0.1, 0.15) is 40.5 Å². The minimum absolute atomic E-state index is 0.0663. The van der Waals surface area contributed by atoms with E-state index < -0.39 is 12.1 Å². The number of amides is 3. The predicted molar refractivity (Wildman–Crippen MR) is 63.9 cm³/mol. The van der Waals surface area contributed by atoms with Crippen LogP contribution < -0.4 is 16.4 Å². The molecule has 0 fully saturated rings. The quantitative estimate of drug-likeness (QED) is 0.634. The maximum absolute atomic E-state index is 11.9. The minimum atomic E-state index is -0.662. The first kappa shape index (κ1) is 14.7. The van der Waals surface area contributed by atoms with Crippen molar-refractivity contribution >= 4 is 11.9 Å². The van der Waals surface area contributed by atoms with Crippen LogP contribution in [0.2, 0.25) is 0 Å². The van der Waals surface area contributed by atoms with Gasteiger partial charge in [0.15, 0.2) is 0 Å². The average Bonchev–Trinajstić information content (AvgIpc) is 2.24. The number of hydrogen-bond acceptors (Lipinski definition) is 2. The van der Waals surface area contributed by atoms with Gasteiger partial charge < -0.3 is 16.4 Å². The maximum atomic E-state index is 11.9. The van der Waals surface area contributed by atoms with Crippen LogP contribution in [0.4, 0.5) is 4.79 Å². The van der Waals surface area contributed by atoms with Gasteiger partial charge in [-0.25, -0.2) is 4.79 Å². The molecule has 3 amide bonds. The van der Waals surface area contributed by atoms with Crippen molar-refractivity contribution in [3.63, 3.8) is 0 Å². The molecule has 0 aliphatic heterocycles. The summed E-state index contributed by atoms with van der Waals surface area (Å²) in [4.78, 5) is 22.7. The molecule has 0 saturated carbocycles. The molecule has 0 bridgehead atoms. The largest absolute Gasteiger partial charge is 0.352 e. The van der Waals surface area contributed by atoms with Crippen molar-refractivity contribution in [2.45, 2.75) is 52.6 Å². The van der Waals surface area contributed by atoms with E-state index in [1.54, 1.807) is 0 Å². The fraction of sp³-hybridized carbons (Fsp3) is 0.818. The lowest BCUT2D eigenvalue weighted by Gasteiger charge is -2.24. The lowest BCUT2D eigenvalue weighted by Crippen LogP contribution is -2.53. The molecule has 5 heteroatoms. The van der Waals surface area contributed by atoms with Crippen LogP contribution in [0.5, 0.6) is 0 Å². The minimum Gasteiger partial charge on any atom is -0.352 e. The Balaban J connectivity index is 4.49. The Bertz CT molecular complexity index is 243. The number of nitrogens with one attached hydrogen (secondary N) is 2. The summed E-state index contributed by atoms with van der Waals surface area (Å²) in [6.45, 7) is 7.80. The third kappa shape index (κ3) is 5.00. The van der Waals surface area contributed by atoms with Gasteiger partial charge in [-0.1, -0.05) is 27.2 Å². The molecular weight excluding hydrogens is 206 g/mol. The SMILES string of the molecule is CC[C@@H](C)[C@@H](NC(N)=O)C(=O)N[C@@H](C)CC. The van der Waals surface area contributed by atoms with E-state index in [1.807, 2.05) is 27.7 Å². The lowest BCUT2D eigenvalue weighted by atomic mass is 9.98. The Morgan fingerprint density at radius 1 is 1.12 bits per heavy atom. The monoisotopic (exact) mass is 229 g/mol. The Labute approximate surface area is 97.2 Å². The van der Waals surface area contributed by atoms with Crippen LogP contribution in [0.3, 0.4) is 0 Å². The van der Waals surface area contributed by atoms with E-state index >= 15 is 0 Å². The number of rotatable bonds is 6. The number of primary amides is 1. The van der Waals surface area contributed by atoms with Gasteiger partial charge in [-0.3, -0.25) is 4.79 Å². The molecule has 0 unspecified atom stereocenters. The molecule has 0 aromatic carbocycles. The van der Waals surface area contributed by atoms with Crippen LogP contribution in [0, 0.1) is 5.92 Å². The van der Waals surface area contributed by atoms with E-state index in [4.69, 9.17) is 5.73 Å². The van der Waals surface area contributed by atoms with Crippen molar-refractivity contribution in [3.8, 4) is 0 Å². The van der Waals surface area contributed by atoms with Gasteiger partial charge in [0.25, 0.3) is 0 Å². The first-order chi connectivity index (χ1) is 7.42. The molecule has 16 heavy (non-hydrogen) atoms. The number of urea groups is 1. The predicted octanol–water partition coefficient (Wildman–Crippen LogP) is 0.984. The summed E-state index contributed by atoms with van der Waals surface area (Å²) in [6, 6.07) is -1.10. The van der Waals surface area contributed by atoms with Gasteiger partial charge in [-0.2, -0.15) is 0 Å². The third-order valence-electron chi connectivity index (χ3n) is 2.79. The fourth-order valence-corrected chi connectivity index (χ4v) is 1.29. The molecule has 94 valence electrons. The van der Waals surface area contributed by atoms with Crippen LogP contribution in [-0.4, -0.2) is 24.0 Å². The van der Waals surface area contributed by atoms with E-state index in [-0.39, 0.29) is 17.9 Å². The molecule has 4 N–H and O–H groups in total. The summed E-state index contributed by atoms with van der Waals surface area (Å²) >= 11 is 0. The Hall–Kier alpha value is -1.26. The topological polar surface area (TPSA) is 84.2 Å². The highest BCUT2D eigenvalue weighted by molar-refractivity contribution is 5.86. The van der Waals surface area contributed by atoms with E-state index in [1.165, 1.54) is 0 Å². The number of hydrogen-bond donors (Lipinski definition) is 3. The molecule has 5 nitrogen and oxygen atoms in total. The van der Waals surface area contributed by atoms with E-state index in [2.05, 4.69) is 10.6 Å². The summed E-state index contributed by atoms with van der Waals surface area (Å²) < 4.78 is 0. The molecule has 0 aliphatic rings. The molecule has 0 aliphatic carbocycles. The summed E-state index contributed by atoms with van der Waals surface area (Å²) in [7, 11) is 0. The van der Waals surface area contributed by atoms with Crippen LogP contribution in [0.15, 0.2) is 0 Å². The first-order valence-corrected chi connectivity index (χ1v) is 5.78. The molecule has 0 heterocycles. The van der Waals surface area contributed by atoms with Crippen molar-refractivity contribution in [1.29, 1.82) is 0 Å². The molecule has 0 rings (SSSR count). The van der Waals surface area contributed by atoms with E-state index in [0.29, 0.717) is 0 Å². The van der Waals surface area contributed by atoms with Gasteiger partial charge in [-0.05, 0) is 19.3 Å². The van der Waals surface area contributed by atoms with Gasteiger partial charge in [0.1, 0.15) is 6.04 Å². The molecule has 0 spiro atoms. The zero-order chi connectivity index (χ0) is 12.7. The normalized spacial score (nSPS) is 16.0. The van der Waals surface area contributed by atoms with Crippen molar-refractivity contribution in [3.05, 3.63) is 0 Å². The second-order valence-corrected chi connectivity index (χ2v) is 4.19. The highest BCUT2D eigenvalue weighted by Crippen LogP contribution is 2.08. The molecule has 0 aromatic rings. The van der Waals surface area contributed by atoms with Gasteiger partial charge in [-0.15, -0.1) is 0 Å². The molecule has 3 atom stereocenters. The second kappa shape index (κ2) is 7.09. The summed E-state index contributed by atoms with van der Waals surface area (Å²) in [5, 5.41) is 5.33. The smallest absolute Gasteiger partial charge is 0.312 e. The van der Waals surface area contributed by atoms with Crippen LogP contribution >= 0.6 is 0 Å². The molecule has 0 radical (unpaired) electrons. The zero-order valence-corrected chi connectivity index (χ0v) is 10.5. The highest BCUT2D eigenvalue weighted by atomic mass is 16.2. The van der Waals surface area contributed by atoms with Crippen LogP contribution in [-0.2, 0) is 4.79 Å².